The van der Waals surface area contributed by atoms with Gasteiger partial charge in [-0.15, -0.1) is 11.3 Å². The maximum absolute atomic E-state index is 12.5. The Kier molecular flexibility index (Phi) is 3.70. The van der Waals surface area contributed by atoms with Gasteiger partial charge in [0.15, 0.2) is 5.01 Å². The van der Waals surface area contributed by atoms with Gasteiger partial charge in [-0.1, -0.05) is 30.3 Å². The Bertz CT molecular complexity index is 959. The van der Waals surface area contributed by atoms with Crippen LogP contribution in [0.4, 0.5) is 0 Å². The van der Waals surface area contributed by atoms with Gasteiger partial charge in [-0.05, 0) is 11.6 Å². The van der Waals surface area contributed by atoms with E-state index in [1.807, 2.05) is 30.3 Å². The summed E-state index contributed by atoms with van der Waals surface area (Å²) in [5.74, 6) is -1.09. The van der Waals surface area contributed by atoms with Gasteiger partial charge in [0, 0.05) is 24.5 Å². The van der Waals surface area contributed by atoms with Crippen LogP contribution in [0.1, 0.15) is 46.7 Å². The first-order valence-electron chi connectivity index (χ1n) is 7.51. The zero-order valence-corrected chi connectivity index (χ0v) is 13.7. The molecule has 2 aromatic heterocycles. The molecule has 1 aromatic carbocycles. The summed E-state index contributed by atoms with van der Waals surface area (Å²) in [4.78, 5) is 45.5. The Morgan fingerprint density at radius 2 is 1.84 bits per heavy atom. The third kappa shape index (κ3) is 2.64. The maximum Gasteiger partial charge on any atom is 0.280 e. The lowest BCUT2D eigenvalue weighted by molar-refractivity contribution is 0.0949. The maximum atomic E-state index is 12.5. The van der Waals surface area contributed by atoms with Gasteiger partial charge in [-0.25, -0.2) is 4.98 Å². The minimum Gasteiger partial charge on any atom is -0.346 e. The van der Waals surface area contributed by atoms with Crippen molar-refractivity contribution in [2.75, 3.05) is 0 Å². The molecule has 0 bridgehead atoms. The second-order valence-electron chi connectivity index (χ2n) is 5.44. The van der Waals surface area contributed by atoms with E-state index < -0.39 is 5.91 Å². The lowest BCUT2D eigenvalue weighted by atomic mass is 9.93. The first-order valence-corrected chi connectivity index (χ1v) is 8.33. The van der Waals surface area contributed by atoms with Crippen LogP contribution in [0, 0.1) is 0 Å². The standard InChI is InChI=1S/C18H11N3O3S/c22-14-12-9-19-7-6-11(12)15(23)16-13(14)21-18(25-16)17(24)20-8-10-4-2-1-3-5-10/h1-7,9H,8H2,(H,20,24). The smallest absolute Gasteiger partial charge is 0.280 e. The van der Waals surface area contributed by atoms with Crippen molar-refractivity contribution in [1.82, 2.24) is 15.3 Å². The lowest BCUT2D eigenvalue weighted by Crippen LogP contribution is -2.23. The molecule has 0 saturated heterocycles. The molecule has 0 atom stereocenters. The van der Waals surface area contributed by atoms with Gasteiger partial charge in [0.05, 0.1) is 5.56 Å². The number of thiazole rings is 1. The number of carbonyl (C=O) groups excluding carboxylic acids is 3. The number of benzene rings is 1. The van der Waals surface area contributed by atoms with Crippen molar-refractivity contribution in [2.45, 2.75) is 6.54 Å². The molecule has 1 amide bonds. The van der Waals surface area contributed by atoms with Crippen LogP contribution in [0.3, 0.4) is 0 Å². The van der Waals surface area contributed by atoms with E-state index in [9.17, 15) is 14.4 Å². The quantitative estimate of drug-likeness (QED) is 0.613. The van der Waals surface area contributed by atoms with Gasteiger partial charge < -0.3 is 5.32 Å². The molecule has 0 radical (unpaired) electrons. The minimum absolute atomic E-state index is 0.0281. The van der Waals surface area contributed by atoms with E-state index in [0.29, 0.717) is 12.1 Å². The van der Waals surface area contributed by atoms with Gasteiger partial charge in [-0.2, -0.15) is 0 Å². The number of ketones is 2. The predicted molar refractivity (Wildman–Crippen MR) is 90.8 cm³/mol. The van der Waals surface area contributed by atoms with Crippen molar-refractivity contribution >= 4 is 28.8 Å². The molecule has 1 aliphatic carbocycles. The van der Waals surface area contributed by atoms with Gasteiger partial charge in [0.1, 0.15) is 10.6 Å². The van der Waals surface area contributed by atoms with Gasteiger partial charge in [-0.3, -0.25) is 19.4 Å². The van der Waals surface area contributed by atoms with Crippen LogP contribution >= 0.6 is 11.3 Å². The molecule has 3 aromatic rings. The molecule has 1 N–H and O–H groups in total. The molecule has 0 aliphatic heterocycles. The molecule has 122 valence electrons. The fraction of sp³-hybridized carbons (Fsp3) is 0.0556. The summed E-state index contributed by atoms with van der Waals surface area (Å²) in [6, 6.07) is 10.9. The van der Waals surface area contributed by atoms with Crippen LogP contribution < -0.4 is 5.32 Å². The van der Waals surface area contributed by atoms with E-state index >= 15 is 0 Å². The fourth-order valence-electron chi connectivity index (χ4n) is 2.60. The number of aromatic nitrogens is 2. The Morgan fingerprint density at radius 1 is 1.04 bits per heavy atom. The van der Waals surface area contributed by atoms with Gasteiger partial charge >= 0.3 is 0 Å². The Hall–Kier alpha value is -3.19. The normalized spacial score (nSPS) is 12.5. The number of hydrogen-bond donors (Lipinski definition) is 1. The summed E-state index contributed by atoms with van der Waals surface area (Å²) in [6.45, 7) is 0.343. The Morgan fingerprint density at radius 3 is 2.64 bits per heavy atom. The van der Waals surface area contributed by atoms with Crippen LogP contribution in [-0.2, 0) is 6.54 Å². The molecular weight excluding hydrogens is 338 g/mol. The van der Waals surface area contributed by atoms with Crippen LogP contribution in [0.25, 0.3) is 0 Å². The summed E-state index contributed by atoms with van der Waals surface area (Å²) < 4.78 is 0. The molecule has 0 fully saturated rings. The number of fused-ring (bicyclic) bond motifs is 2. The summed E-state index contributed by atoms with van der Waals surface area (Å²) >= 11 is 0.940. The largest absolute Gasteiger partial charge is 0.346 e. The molecule has 25 heavy (non-hydrogen) atoms. The molecular formula is C18H11N3O3S. The molecule has 6 nitrogen and oxygen atoms in total. The lowest BCUT2D eigenvalue weighted by Gasteiger charge is -2.11. The molecule has 7 heteroatoms. The second kappa shape index (κ2) is 6.03. The van der Waals surface area contributed by atoms with Crippen LogP contribution in [0.2, 0.25) is 0 Å². The highest BCUT2D eigenvalue weighted by Gasteiger charge is 2.34. The Balaban J connectivity index is 1.61. The van der Waals surface area contributed by atoms with E-state index in [1.165, 1.54) is 18.5 Å². The van der Waals surface area contributed by atoms with Crippen LogP contribution in [0.15, 0.2) is 48.8 Å². The summed E-state index contributed by atoms with van der Waals surface area (Å²) in [5, 5.41) is 2.85. The van der Waals surface area contributed by atoms with Crippen molar-refractivity contribution in [3.05, 3.63) is 81.1 Å². The second-order valence-corrected chi connectivity index (χ2v) is 6.44. The Labute approximate surface area is 146 Å². The highest BCUT2D eigenvalue weighted by molar-refractivity contribution is 7.16. The summed E-state index contributed by atoms with van der Waals surface area (Å²) in [7, 11) is 0. The predicted octanol–water partition coefficient (Wildman–Crippen LogP) is 2.24. The highest BCUT2D eigenvalue weighted by Crippen LogP contribution is 2.30. The average Bonchev–Trinajstić information content (AvgIpc) is 3.11. The number of carbonyl (C=O) groups is 3. The zero-order valence-electron chi connectivity index (χ0n) is 12.9. The topological polar surface area (TPSA) is 89.0 Å². The SMILES string of the molecule is O=C(NCc1ccccc1)c1nc2c(s1)C(=O)c1ccncc1C2=O. The number of nitrogens with one attached hydrogen (secondary N) is 1. The molecule has 0 unspecified atom stereocenters. The van der Waals surface area contributed by atoms with Crippen molar-refractivity contribution < 1.29 is 14.4 Å². The molecule has 2 heterocycles. The van der Waals surface area contributed by atoms with E-state index in [1.54, 1.807) is 0 Å². The first kappa shape index (κ1) is 15.3. The van der Waals surface area contributed by atoms with Gasteiger partial charge in [0.25, 0.3) is 5.91 Å². The number of rotatable bonds is 3. The summed E-state index contributed by atoms with van der Waals surface area (Å²) in [6.07, 6.45) is 2.82. The number of nitrogens with zero attached hydrogens (tertiary/aromatic N) is 2. The third-order valence-corrected chi connectivity index (χ3v) is 4.90. The number of hydrogen-bond acceptors (Lipinski definition) is 6. The average molecular weight is 349 g/mol. The van der Waals surface area contributed by atoms with E-state index in [4.69, 9.17) is 0 Å². The number of pyridine rings is 1. The molecule has 0 spiro atoms. The highest BCUT2D eigenvalue weighted by atomic mass is 32.1. The molecule has 0 saturated carbocycles. The van der Waals surface area contributed by atoms with E-state index in [-0.39, 0.29) is 32.7 Å². The van der Waals surface area contributed by atoms with Crippen molar-refractivity contribution in [1.29, 1.82) is 0 Å². The van der Waals surface area contributed by atoms with Crippen molar-refractivity contribution in [3.63, 3.8) is 0 Å². The van der Waals surface area contributed by atoms with E-state index in [0.717, 1.165) is 16.9 Å². The summed E-state index contributed by atoms with van der Waals surface area (Å²) in [5.41, 5.74) is 1.50. The third-order valence-electron chi connectivity index (χ3n) is 3.85. The first-order chi connectivity index (χ1) is 12.1. The fourth-order valence-corrected chi connectivity index (χ4v) is 3.53. The van der Waals surface area contributed by atoms with Crippen LogP contribution in [0.5, 0.6) is 0 Å². The number of amides is 1. The van der Waals surface area contributed by atoms with E-state index in [2.05, 4.69) is 15.3 Å². The van der Waals surface area contributed by atoms with Crippen LogP contribution in [-0.4, -0.2) is 27.4 Å². The molecule has 1 aliphatic rings. The van der Waals surface area contributed by atoms with Gasteiger partial charge in [0.2, 0.25) is 11.6 Å². The minimum atomic E-state index is -0.411. The molecule has 4 rings (SSSR count). The van der Waals surface area contributed by atoms with Crippen molar-refractivity contribution in [2.24, 2.45) is 0 Å². The monoisotopic (exact) mass is 349 g/mol. The zero-order chi connectivity index (χ0) is 17.4. The van der Waals surface area contributed by atoms with Crippen molar-refractivity contribution in [3.8, 4) is 0 Å².